The molecule has 1 saturated heterocycles. The second kappa shape index (κ2) is 7.58. The lowest BCUT2D eigenvalue weighted by Crippen LogP contribution is -2.27. The van der Waals surface area contributed by atoms with Crippen molar-refractivity contribution in [1.82, 2.24) is 19.5 Å². The fourth-order valence-corrected chi connectivity index (χ4v) is 3.75. The van der Waals surface area contributed by atoms with Gasteiger partial charge < -0.3 is 10.2 Å². The molecule has 3 heterocycles. The van der Waals surface area contributed by atoms with Crippen LogP contribution in [0.4, 0.5) is 10.2 Å². The summed E-state index contributed by atoms with van der Waals surface area (Å²) in [6, 6.07) is 8.38. The highest BCUT2D eigenvalue weighted by Gasteiger charge is 2.19. The van der Waals surface area contributed by atoms with Crippen LogP contribution in [-0.4, -0.2) is 45.0 Å². The van der Waals surface area contributed by atoms with Crippen molar-refractivity contribution in [2.75, 3.05) is 25.0 Å². The molecule has 0 unspecified atom stereocenters. The van der Waals surface area contributed by atoms with E-state index in [-0.39, 0.29) is 11.7 Å². The van der Waals surface area contributed by atoms with Crippen LogP contribution >= 0.6 is 0 Å². The first-order valence-corrected chi connectivity index (χ1v) is 9.67. The van der Waals surface area contributed by atoms with Crippen LogP contribution in [0.5, 0.6) is 0 Å². The summed E-state index contributed by atoms with van der Waals surface area (Å²) in [5, 5.41) is 8.09. The number of rotatable bonds is 6. The molecule has 0 bridgehead atoms. The standard InChI is InChI=1S/C21H24FN5O/c1-14-13-18(23-10-4-12-26-11-3-5-19(26)28)27-21(24-14)20(15(2)25-27)16-6-8-17(22)9-7-16/h6-9,13,23H,3-5,10-12H2,1-2H3. The first-order chi connectivity index (χ1) is 13.5. The van der Waals surface area contributed by atoms with Gasteiger partial charge >= 0.3 is 0 Å². The Morgan fingerprint density at radius 2 is 2.00 bits per heavy atom. The summed E-state index contributed by atoms with van der Waals surface area (Å²) in [7, 11) is 0. The maximum Gasteiger partial charge on any atom is 0.222 e. The van der Waals surface area contributed by atoms with Gasteiger partial charge in [0.25, 0.3) is 0 Å². The van der Waals surface area contributed by atoms with Crippen molar-refractivity contribution in [3.8, 4) is 11.1 Å². The average Bonchev–Trinajstić information content (AvgIpc) is 3.22. The minimum atomic E-state index is -0.263. The smallest absolute Gasteiger partial charge is 0.222 e. The van der Waals surface area contributed by atoms with Crippen LogP contribution in [0.2, 0.25) is 0 Å². The maximum atomic E-state index is 13.3. The topological polar surface area (TPSA) is 62.5 Å². The number of fused-ring (bicyclic) bond motifs is 1. The van der Waals surface area contributed by atoms with Gasteiger partial charge in [0.15, 0.2) is 5.65 Å². The fraction of sp³-hybridized carbons (Fsp3) is 0.381. The van der Waals surface area contributed by atoms with Crippen LogP contribution in [-0.2, 0) is 4.79 Å². The molecule has 1 fully saturated rings. The third kappa shape index (κ3) is 3.56. The molecule has 6 nitrogen and oxygen atoms in total. The van der Waals surface area contributed by atoms with E-state index in [4.69, 9.17) is 0 Å². The molecule has 0 aliphatic carbocycles. The molecule has 7 heteroatoms. The van der Waals surface area contributed by atoms with Gasteiger partial charge in [0.2, 0.25) is 5.91 Å². The molecule has 0 atom stereocenters. The van der Waals surface area contributed by atoms with E-state index in [1.165, 1.54) is 12.1 Å². The number of carbonyl (C=O) groups is 1. The number of nitrogens with zero attached hydrogens (tertiary/aromatic N) is 4. The van der Waals surface area contributed by atoms with Crippen LogP contribution in [0.15, 0.2) is 30.3 Å². The normalized spacial score (nSPS) is 14.2. The van der Waals surface area contributed by atoms with Gasteiger partial charge in [-0.2, -0.15) is 9.61 Å². The average molecular weight is 381 g/mol. The van der Waals surface area contributed by atoms with Crippen LogP contribution in [0.1, 0.15) is 30.7 Å². The number of aromatic nitrogens is 3. The molecule has 146 valence electrons. The van der Waals surface area contributed by atoms with E-state index in [0.29, 0.717) is 6.42 Å². The molecule has 4 rings (SSSR count). The summed E-state index contributed by atoms with van der Waals surface area (Å²) in [6.07, 6.45) is 2.52. The van der Waals surface area contributed by atoms with Gasteiger partial charge in [-0.05, 0) is 44.4 Å². The quantitative estimate of drug-likeness (QED) is 0.663. The van der Waals surface area contributed by atoms with E-state index in [0.717, 1.165) is 66.5 Å². The molecule has 1 N–H and O–H groups in total. The summed E-state index contributed by atoms with van der Waals surface area (Å²) >= 11 is 0. The first kappa shape index (κ1) is 18.4. The van der Waals surface area contributed by atoms with Crippen LogP contribution in [0, 0.1) is 19.7 Å². The lowest BCUT2D eigenvalue weighted by atomic mass is 10.1. The van der Waals surface area contributed by atoms with Gasteiger partial charge in [0.05, 0.1) is 5.69 Å². The minimum absolute atomic E-state index is 0.258. The maximum absolute atomic E-state index is 13.3. The fourth-order valence-electron chi connectivity index (χ4n) is 3.75. The number of hydrogen-bond donors (Lipinski definition) is 1. The molecule has 0 radical (unpaired) electrons. The van der Waals surface area contributed by atoms with Gasteiger partial charge in [0.1, 0.15) is 11.6 Å². The van der Waals surface area contributed by atoms with E-state index >= 15 is 0 Å². The zero-order valence-corrected chi connectivity index (χ0v) is 16.2. The van der Waals surface area contributed by atoms with E-state index in [9.17, 15) is 9.18 Å². The molecule has 1 aliphatic heterocycles. The Labute approximate surface area is 163 Å². The summed E-state index contributed by atoms with van der Waals surface area (Å²) < 4.78 is 15.1. The number of amides is 1. The highest BCUT2D eigenvalue weighted by molar-refractivity contribution is 5.81. The van der Waals surface area contributed by atoms with Crippen molar-refractivity contribution in [3.05, 3.63) is 47.5 Å². The number of anilines is 1. The molecular formula is C21H24FN5O. The van der Waals surface area contributed by atoms with Crippen molar-refractivity contribution in [1.29, 1.82) is 0 Å². The van der Waals surface area contributed by atoms with Gasteiger partial charge in [-0.25, -0.2) is 9.37 Å². The number of carbonyl (C=O) groups excluding carboxylic acids is 1. The second-order valence-corrected chi connectivity index (χ2v) is 7.25. The molecule has 0 spiro atoms. The van der Waals surface area contributed by atoms with Crippen LogP contribution in [0.3, 0.4) is 0 Å². The molecule has 1 aliphatic rings. The number of hydrogen-bond acceptors (Lipinski definition) is 4. The molecule has 2 aromatic heterocycles. The Morgan fingerprint density at radius 1 is 1.21 bits per heavy atom. The van der Waals surface area contributed by atoms with E-state index in [1.807, 2.05) is 29.3 Å². The summed E-state index contributed by atoms with van der Waals surface area (Å²) in [4.78, 5) is 18.3. The van der Waals surface area contributed by atoms with E-state index in [2.05, 4.69) is 15.4 Å². The van der Waals surface area contributed by atoms with Gasteiger partial charge in [-0.3, -0.25) is 4.79 Å². The zero-order valence-electron chi connectivity index (χ0n) is 16.2. The van der Waals surface area contributed by atoms with Gasteiger partial charge in [0, 0.05) is 43.4 Å². The largest absolute Gasteiger partial charge is 0.370 e. The zero-order chi connectivity index (χ0) is 19.7. The Hall–Kier alpha value is -2.96. The highest BCUT2D eigenvalue weighted by Crippen LogP contribution is 2.29. The minimum Gasteiger partial charge on any atom is -0.370 e. The number of benzene rings is 1. The number of likely N-dealkylation sites (tertiary alicyclic amines) is 1. The number of nitrogens with one attached hydrogen (secondary N) is 1. The SMILES string of the molecule is Cc1cc(NCCCN2CCCC2=O)n2nc(C)c(-c3ccc(F)cc3)c2n1. The highest BCUT2D eigenvalue weighted by atomic mass is 19.1. The van der Waals surface area contributed by atoms with E-state index in [1.54, 1.807) is 12.1 Å². The summed E-state index contributed by atoms with van der Waals surface area (Å²) in [5.74, 6) is 0.862. The van der Waals surface area contributed by atoms with Crippen molar-refractivity contribution >= 4 is 17.4 Å². The summed E-state index contributed by atoms with van der Waals surface area (Å²) in [6.45, 7) is 6.28. The first-order valence-electron chi connectivity index (χ1n) is 9.67. The van der Waals surface area contributed by atoms with Crippen molar-refractivity contribution < 1.29 is 9.18 Å². The Morgan fingerprint density at radius 3 is 2.71 bits per heavy atom. The monoisotopic (exact) mass is 381 g/mol. The lowest BCUT2D eigenvalue weighted by molar-refractivity contribution is -0.127. The number of aryl methyl sites for hydroxylation is 2. The third-order valence-corrected chi connectivity index (χ3v) is 5.11. The Balaban J connectivity index is 1.56. The molecule has 0 saturated carbocycles. The molecule has 1 aromatic carbocycles. The molecule has 28 heavy (non-hydrogen) atoms. The Bertz CT molecular complexity index is 1010. The van der Waals surface area contributed by atoms with Gasteiger partial charge in [-0.15, -0.1) is 0 Å². The molecule has 1 amide bonds. The van der Waals surface area contributed by atoms with E-state index < -0.39 is 0 Å². The molecular weight excluding hydrogens is 357 g/mol. The van der Waals surface area contributed by atoms with Crippen molar-refractivity contribution in [2.45, 2.75) is 33.1 Å². The lowest BCUT2D eigenvalue weighted by Gasteiger charge is -2.16. The van der Waals surface area contributed by atoms with Gasteiger partial charge in [-0.1, -0.05) is 12.1 Å². The Kier molecular flexibility index (Phi) is 4.98. The molecule has 3 aromatic rings. The predicted octanol–water partition coefficient (Wildman–Crippen LogP) is 3.58. The van der Waals surface area contributed by atoms with Crippen LogP contribution < -0.4 is 5.32 Å². The second-order valence-electron chi connectivity index (χ2n) is 7.25. The van der Waals surface area contributed by atoms with Crippen LogP contribution in [0.25, 0.3) is 16.8 Å². The van der Waals surface area contributed by atoms with Crippen molar-refractivity contribution in [2.24, 2.45) is 0 Å². The number of halogens is 1. The third-order valence-electron chi connectivity index (χ3n) is 5.11. The van der Waals surface area contributed by atoms with Crippen molar-refractivity contribution in [3.63, 3.8) is 0 Å². The predicted molar refractivity (Wildman–Crippen MR) is 107 cm³/mol. The summed E-state index contributed by atoms with van der Waals surface area (Å²) in [5.41, 5.74) is 4.28.